The van der Waals surface area contributed by atoms with Crippen molar-refractivity contribution in [2.75, 3.05) is 13.1 Å². The van der Waals surface area contributed by atoms with Gasteiger partial charge >= 0.3 is 0 Å². The molecular weight excluding hydrogens is 320 g/mol. The van der Waals surface area contributed by atoms with E-state index in [0.29, 0.717) is 35.5 Å². The number of amides is 1. The van der Waals surface area contributed by atoms with Crippen LogP contribution >= 0.6 is 0 Å². The summed E-state index contributed by atoms with van der Waals surface area (Å²) >= 11 is 0. The first-order chi connectivity index (χ1) is 12.0. The first-order valence-corrected chi connectivity index (χ1v) is 8.37. The molecule has 1 amide bonds. The van der Waals surface area contributed by atoms with Gasteiger partial charge in [-0.15, -0.1) is 0 Å². The van der Waals surface area contributed by atoms with Crippen LogP contribution in [0.4, 0.5) is 0 Å². The molecule has 1 aliphatic heterocycles. The number of hydrogen-bond acceptors (Lipinski definition) is 4. The molecule has 7 heteroatoms. The molecule has 3 aromatic heterocycles. The van der Waals surface area contributed by atoms with Crippen LogP contribution in [0.1, 0.15) is 24.3 Å². The van der Waals surface area contributed by atoms with Crippen molar-refractivity contribution in [3.8, 4) is 0 Å². The van der Waals surface area contributed by atoms with Gasteiger partial charge in [-0.3, -0.25) is 14.0 Å². The monoisotopic (exact) mass is 340 g/mol. The first-order valence-electron chi connectivity index (χ1n) is 8.37. The molecule has 7 nitrogen and oxygen atoms in total. The SMILES string of the molecule is C[C@@H]1CN(C(=O)c2cc3c(=O)n4ccccc4nc3n2C)C[C@H](C)O1. The van der Waals surface area contributed by atoms with Crippen LogP contribution in [-0.2, 0) is 11.8 Å². The summed E-state index contributed by atoms with van der Waals surface area (Å²) in [6, 6.07) is 7.05. The average molecular weight is 340 g/mol. The molecule has 130 valence electrons. The summed E-state index contributed by atoms with van der Waals surface area (Å²) < 4.78 is 8.90. The van der Waals surface area contributed by atoms with Crippen LogP contribution < -0.4 is 5.56 Å². The minimum Gasteiger partial charge on any atom is -0.372 e. The van der Waals surface area contributed by atoms with Crippen molar-refractivity contribution in [2.45, 2.75) is 26.1 Å². The fraction of sp³-hybridized carbons (Fsp3) is 0.389. The molecule has 0 spiro atoms. The number of hydrogen-bond donors (Lipinski definition) is 0. The Morgan fingerprint density at radius 3 is 2.68 bits per heavy atom. The lowest BCUT2D eigenvalue weighted by Crippen LogP contribution is -2.48. The van der Waals surface area contributed by atoms with E-state index in [4.69, 9.17) is 4.74 Å². The van der Waals surface area contributed by atoms with Crippen LogP contribution in [0.3, 0.4) is 0 Å². The van der Waals surface area contributed by atoms with Crippen LogP contribution in [0.2, 0.25) is 0 Å². The topological polar surface area (TPSA) is 68.8 Å². The number of aryl methyl sites for hydroxylation is 1. The van der Waals surface area contributed by atoms with Crippen molar-refractivity contribution in [3.63, 3.8) is 0 Å². The second-order valence-corrected chi connectivity index (χ2v) is 6.64. The summed E-state index contributed by atoms with van der Waals surface area (Å²) in [4.78, 5) is 32.0. The number of carbonyl (C=O) groups excluding carboxylic acids is 1. The van der Waals surface area contributed by atoms with Crippen LogP contribution in [0.5, 0.6) is 0 Å². The maximum absolute atomic E-state index is 13.0. The number of pyridine rings is 1. The van der Waals surface area contributed by atoms with Gasteiger partial charge in [0.2, 0.25) is 0 Å². The minimum atomic E-state index is -0.168. The number of ether oxygens (including phenoxy) is 1. The van der Waals surface area contributed by atoms with Gasteiger partial charge in [0.1, 0.15) is 17.0 Å². The number of rotatable bonds is 1. The van der Waals surface area contributed by atoms with Gasteiger partial charge in [0.25, 0.3) is 11.5 Å². The highest BCUT2D eigenvalue weighted by atomic mass is 16.5. The quantitative estimate of drug-likeness (QED) is 0.672. The summed E-state index contributed by atoms with van der Waals surface area (Å²) in [6.07, 6.45) is 1.67. The third kappa shape index (κ3) is 2.51. The molecule has 0 aromatic carbocycles. The molecule has 1 aliphatic rings. The van der Waals surface area contributed by atoms with Crippen LogP contribution in [0, 0.1) is 0 Å². The molecule has 0 bridgehead atoms. The molecule has 2 atom stereocenters. The average Bonchev–Trinajstić information content (AvgIpc) is 2.91. The molecule has 25 heavy (non-hydrogen) atoms. The molecule has 1 saturated heterocycles. The van der Waals surface area contributed by atoms with E-state index in [1.165, 1.54) is 4.40 Å². The van der Waals surface area contributed by atoms with Gasteiger partial charge in [-0.25, -0.2) is 4.98 Å². The third-order valence-electron chi connectivity index (χ3n) is 4.63. The lowest BCUT2D eigenvalue weighted by atomic mass is 10.2. The number of morpholine rings is 1. The van der Waals surface area contributed by atoms with Crippen LogP contribution in [-0.4, -0.2) is 50.1 Å². The maximum atomic E-state index is 13.0. The number of aromatic nitrogens is 3. The Morgan fingerprint density at radius 1 is 1.24 bits per heavy atom. The van der Waals surface area contributed by atoms with Gasteiger partial charge in [0.15, 0.2) is 0 Å². The summed E-state index contributed by atoms with van der Waals surface area (Å²) in [5, 5.41) is 0.448. The minimum absolute atomic E-state index is 0.00581. The molecule has 4 heterocycles. The van der Waals surface area contributed by atoms with Crippen LogP contribution in [0.15, 0.2) is 35.3 Å². The molecule has 0 aliphatic carbocycles. The molecule has 4 rings (SSSR count). The molecule has 3 aromatic rings. The van der Waals surface area contributed by atoms with Gasteiger partial charge in [-0.2, -0.15) is 0 Å². The largest absolute Gasteiger partial charge is 0.372 e. The van der Waals surface area contributed by atoms with Gasteiger partial charge in [-0.05, 0) is 32.0 Å². The maximum Gasteiger partial charge on any atom is 0.270 e. The van der Waals surface area contributed by atoms with Crippen molar-refractivity contribution in [1.82, 2.24) is 18.9 Å². The van der Waals surface area contributed by atoms with E-state index >= 15 is 0 Å². The first kappa shape index (κ1) is 15.8. The van der Waals surface area contributed by atoms with Crippen molar-refractivity contribution in [1.29, 1.82) is 0 Å². The molecule has 0 radical (unpaired) electrons. The molecular formula is C18H20N4O3. The molecule has 0 N–H and O–H groups in total. The van der Waals surface area contributed by atoms with Gasteiger partial charge < -0.3 is 14.2 Å². The summed E-state index contributed by atoms with van der Waals surface area (Å²) in [6.45, 7) is 4.99. The van der Waals surface area contributed by atoms with E-state index in [1.807, 2.05) is 19.9 Å². The summed E-state index contributed by atoms with van der Waals surface area (Å²) in [7, 11) is 1.77. The predicted molar refractivity (Wildman–Crippen MR) is 93.9 cm³/mol. The fourth-order valence-electron chi connectivity index (χ4n) is 3.53. The van der Waals surface area contributed by atoms with Crippen molar-refractivity contribution in [3.05, 3.63) is 46.5 Å². The normalized spacial score (nSPS) is 21.2. The zero-order chi connectivity index (χ0) is 17.7. The Balaban J connectivity index is 1.84. The molecule has 1 fully saturated rings. The van der Waals surface area contributed by atoms with E-state index in [0.717, 1.165) is 0 Å². The Labute approximate surface area is 144 Å². The summed E-state index contributed by atoms with van der Waals surface area (Å²) in [5.74, 6) is -0.101. The van der Waals surface area contributed by atoms with Crippen molar-refractivity contribution in [2.24, 2.45) is 7.05 Å². The van der Waals surface area contributed by atoms with E-state index < -0.39 is 0 Å². The van der Waals surface area contributed by atoms with Gasteiger partial charge in [0, 0.05) is 26.3 Å². The molecule has 0 saturated carbocycles. The highest BCUT2D eigenvalue weighted by Crippen LogP contribution is 2.19. The lowest BCUT2D eigenvalue weighted by Gasteiger charge is -2.35. The van der Waals surface area contributed by atoms with Crippen molar-refractivity contribution >= 4 is 22.6 Å². The molecule has 0 unspecified atom stereocenters. The Bertz CT molecular complexity index is 1030. The second kappa shape index (κ2) is 5.70. The number of carbonyl (C=O) groups is 1. The highest BCUT2D eigenvalue weighted by molar-refractivity contribution is 5.98. The number of fused-ring (bicyclic) bond motifs is 2. The van der Waals surface area contributed by atoms with Gasteiger partial charge in [-0.1, -0.05) is 6.07 Å². The highest BCUT2D eigenvalue weighted by Gasteiger charge is 2.29. The lowest BCUT2D eigenvalue weighted by molar-refractivity contribution is -0.0588. The zero-order valence-electron chi connectivity index (χ0n) is 14.5. The summed E-state index contributed by atoms with van der Waals surface area (Å²) in [5.41, 5.74) is 1.39. The standard InChI is InChI=1S/C18H20N4O3/c1-11-9-21(10-12(2)25-11)18(24)14-8-13-16(20(14)3)19-15-6-4-5-7-22(15)17(13)23/h4-8,11-12H,9-10H2,1-3H3/t11-,12+. The van der Waals surface area contributed by atoms with Crippen molar-refractivity contribution < 1.29 is 9.53 Å². The van der Waals surface area contributed by atoms with E-state index in [9.17, 15) is 9.59 Å². The number of nitrogens with zero attached hydrogens (tertiary/aromatic N) is 4. The van der Waals surface area contributed by atoms with Crippen LogP contribution in [0.25, 0.3) is 16.7 Å². The Hall–Kier alpha value is -2.67. The smallest absolute Gasteiger partial charge is 0.270 e. The second-order valence-electron chi connectivity index (χ2n) is 6.64. The van der Waals surface area contributed by atoms with E-state index in [2.05, 4.69) is 4.98 Å². The zero-order valence-corrected chi connectivity index (χ0v) is 14.5. The van der Waals surface area contributed by atoms with Gasteiger partial charge in [0.05, 0.1) is 17.6 Å². The fourth-order valence-corrected chi connectivity index (χ4v) is 3.53. The third-order valence-corrected chi connectivity index (χ3v) is 4.63. The Morgan fingerprint density at radius 2 is 1.96 bits per heavy atom. The Kier molecular flexibility index (Phi) is 3.61. The predicted octanol–water partition coefficient (Wildman–Crippen LogP) is 1.44. The van der Waals surface area contributed by atoms with E-state index in [1.54, 1.807) is 40.9 Å². The van der Waals surface area contributed by atoms with E-state index in [-0.39, 0.29) is 23.7 Å².